The topological polar surface area (TPSA) is 35.5 Å². The van der Waals surface area contributed by atoms with Crippen LogP contribution in [0, 0.1) is 10.8 Å². The quantitative estimate of drug-likeness (QED) is 0.576. The molecule has 0 spiro atoms. The van der Waals surface area contributed by atoms with E-state index in [1.807, 2.05) is 27.7 Å². The first-order valence-electron chi connectivity index (χ1n) is 4.25. The van der Waals surface area contributed by atoms with Crippen LogP contribution in [0.4, 0.5) is 4.20 Å². The Morgan fingerprint density at radius 1 is 1.31 bits per heavy atom. The molecule has 13 heavy (non-hydrogen) atoms. The molecule has 0 amide bonds. The van der Waals surface area contributed by atoms with E-state index in [9.17, 15) is 8.76 Å². The third-order valence-corrected chi connectivity index (χ3v) is 3.76. The van der Waals surface area contributed by atoms with Crippen molar-refractivity contribution in [1.82, 2.24) is 0 Å². The number of hydrogen-bond acceptors (Lipinski definition) is 3. The summed E-state index contributed by atoms with van der Waals surface area (Å²) in [4.78, 5) is 0. The van der Waals surface area contributed by atoms with E-state index < -0.39 is 7.91 Å². The van der Waals surface area contributed by atoms with Gasteiger partial charge in [-0.05, 0) is 5.41 Å². The van der Waals surface area contributed by atoms with E-state index in [4.69, 9.17) is 0 Å². The van der Waals surface area contributed by atoms with Crippen molar-refractivity contribution in [2.24, 2.45) is 10.8 Å². The van der Waals surface area contributed by atoms with Crippen molar-refractivity contribution >= 4 is 7.91 Å². The molecule has 0 aromatic heterocycles. The second kappa shape index (κ2) is 3.04. The van der Waals surface area contributed by atoms with Gasteiger partial charge in [-0.25, -0.2) is 4.57 Å². The van der Waals surface area contributed by atoms with Crippen LogP contribution in [-0.4, -0.2) is 13.2 Å². The first-order chi connectivity index (χ1) is 5.66. The van der Waals surface area contributed by atoms with Crippen LogP contribution in [0.15, 0.2) is 0 Å². The summed E-state index contributed by atoms with van der Waals surface area (Å²) >= 11 is 0. The van der Waals surface area contributed by atoms with E-state index in [1.54, 1.807) is 0 Å². The van der Waals surface area contributed by atoms with E-state index >= 15 is 0 Å². The lowest BCUT2D eigenvalue weighted by Gasteiger charge is -2.43. The largest absolute Gasteiger partial charge is 0.513 e. The molecule has 3 nitrogen and oxygen atoms in total. The van der Waals surface area contributed by atoms with Gasteiger partial charge in [0.25, 0.3) is 0 Å². The Morgan fingerprint density at radius 2 is 1.69 bits per heavy atom. The van der Waals surface area contributed by atoms with Crippen molar-refractivity contribution in [1.29, 1.82) is 0 Å². The minimum absolute atomic E-state index is 0.0621. The van der Waals surface area contributed by atoms with Gasteiger partial charge in [-0.15, -0.1) is 4.20 Å². The summed E-state index contributed by atoms with van der Waals surface area (Å²) < 4.78 is 32.6. The van der Waals surface area contributed by atoms with Gasteiger partial charge in [0.1, 0.15) is 0 Å². The molecule has 0 aliphatic carbocycles. The smallest absolute Gasteiger partial charge is 0.283 e. The minimum Gasteiger partial charge on any atom is -0.283 e. The lowest BCUT2D eigenvalue weighted by molar-refractivity contribution is -0.0501. The van der Waals surface area contributed by atoms with Gasteiger partial charge < -0.3 is 0 Å². The fraction of sp³-hybridized carbons (Fsp3) is 1.00. The van der Waals surface area contributed by atoms with Gasteiger partial charge in [-0.1, -0.05) is 27.7 Å². The summed E-state index contributed by atoms with van der Waals surface area (Å²) in [5.41, 5.74) is -0.347. The van der Waals surface area contributed by atoms with Crippen LogP contribution in [-0.2, 0) is 13.6 Å². The van der Waals surface area contributed by atoms with E-state index in [-0.39, 0.29) is 24.0 Å². The van der Waals surface area contributed by atoms with Crippen LogP contribution < -0.4 is 0 Å². The van der Waals surface area contributed by atoms with Gasteiger partial charge in [0.2, 0.25) is 0 Å². The van der Waals surface area contributed by atoms with Crippen LogP contribution in [0.5, 0.6) is 0 Å². The highest BCUT2D eigenvalue weighted by atomic mass is 31.2. The minimum atomic E-state index is -4.24. The zero-order chi connectivity index (χ0) is 10.3. The van der Waals surface area contributed by atoms with E-state index in [0.717, 1.165) is 0 Å². The molecule has 0 unspecified atom stereocenters. The fourth-order valence-electron chi connectivity index (χ4n) is 0.951. The van der Waals surface area contributed by atoms with Crippen molar-refractivity contribution in [3.05, 3.63) is 0 Å². The van der Waals surface area contributed by atoms with Crippen molar-refractivity contribution < 1.29 is 17.8 Å². The standard InChI is InChI=1S/C8H16FO3P/c1-7(2,3)8(4)5-11-13(9,10)12-6-8/h5-6H2,1-4H3. The van der Waals surface area contributed by atoms with Gasteiger partial charge in [-0.3, -0.25) is 9.05 Å². The molecular weight excluding hydrogens is 194 g/mol. The summed E-state index contributed by atoms with van der Waals surface area (Å²) in [6.07, 6.45) is 0. The van der Waals surface area contributed by atoms with Crippen LogP contribution in [0.3, 0.4) is 0 Å². The summed E-state index contributed by atoms with van der Waals surface area (Å²) in [5, 5.41) is 0. The SMILES string of the molecule is CC(C)(C)C1(C)COP(=O)(F)OC1. The molecule has 5 heteroatoms. The van der Waals surface area contributed by atoms with Crippen molar-refractivity contribution in [2.75, 3.05) is 13.2 Å². The Morgan fingerprint density at radius 3 is 2.00 bits per heavy atom. The number of hydrogen-bond donors (Lipinski definition) is 0. The molecule has 0 bridgehead atoms. The van der Waals surface area contributed by atoms with E-state index in [0.29, 0.717) is 0 Å². The summed E-state index contributed by atoms with van der Waals surface area (Å²) in [5.74, 6) is 0. The zero-order valence-electron chi connectivity index (χ0n) is 8.46. The molecular formula is C8H16FO3P. The third kappa shape index (κ3) is 2.30. The molecule has 0 aromatic rings. The van der Waals surface area contributed by atoms with E-state index in [1.165, 1.54) is 0 Å². The summed E-state index contributed by atoms with van der Waals surface area (Å²) in [7, 11) is -4.24. The predicted octanol–water partition coefficient (Wildman–Crippen LogP) is 3.16. The summed E-state index contributed by atoms with van der Waals surface area (Å²) in [6.45, 7) is 8.29. The normalized spacial score (nSPS) is 41.9. The molecule has 0 saturated carbocycles. The second-order valence-corrected chi connectivity index (χ2v) is 6.17. The number of halogens is 1. The average Bonchev–Trinajstić information content (AvgIpc) is 1.94. The molecule has 1 aliphatic heterocycles. The Balaban J connectivity index is 2.73. The molecule has 78 valence electrons. The van der Waals surface area contributed by atoms with Crippen molar-refractivity contribution in [3.8, 4) is 0 Å². The molecule has 1 aliphatic rings. The van der Waals surface area contributed by atoms with Gasteiger partial charge in [-0.2, -0.15) is 0 Å². The maximum Gasteiger partial charge on any atom is 0.513 e. The molecule has 1 rings (SSSR count). The lowest BCUT2D eigenvalue weighted by Crippen LogP contribution is -2.43. The molecule has 1 saturated heterocycles. The van der Waals surface area contributed by atoms with Crippen LogP contribution in [0.2, 0.25) is 0 Å². The molecule has 0 N–H and O–H groups in total. The molecule has 1 fully saturated rings. The average molecular weight is 210 g/mol. The number of rotatable bonds is 0. The van der Waals surface area contributed by atoms with Crippen LogP contribution in [0.25, 0.3) is 0 Å². The van der Waals surface area contributed by atoms with Gasteiger partial charge in [0.15, 0.2) is 0 Å². The van der Waals surface area contributed by atoms with E-state index in [2.05, 4.69) is 9.05 Å². The van der Waals surface area contributed by atoms with Crippen LogP contribution in [0.1, 0.15) is 27.7 Å². The molecule has 1 heterocycles. The van der Waals surface area contributed by atoms with Gasteiger partial charge in [0.05, 0.1) is 13.2 Å². The highest BCUT2D eigenvalue weighted by Gasteiger charge is 2.46. The Hall–Kier alpha value is 0.0800. The first kappa shape index (κ1) is 11.2. The third-order valence-electron chi connectivity index (χ3n) is 2.89. The lowest BCUT2D eigenvalue weighted by atomic mass is 9.69. The highest BCUT2D eigenvalue weighted by molar-refractivity contribution is 7.48. The maximum absolute atomic E-state index is 12.7. The van der Waals surface area contributed by atoms with Gasteiger partial charge in [0, 0.05) is 5.41 Å². The molecule has 0 atom stereocenters. The van der Waals surface area contributed by atoms with Crippen LogP contribution >= 0.6 is 7.91 Å². The molecule has 0 aromatic carbocycles. The van der Waals surface area contributed by atoms with Gasteiger partial charge >= 0.3 is 7.91 Å². The van der Waals surface area contributed by atoms with Crippen molar-refractivity contribution in [3.63, 3.8) is 0 Å². The fourth-order valence-corrected chi connectivity index (χ4v) is 1.90. The Kier molecular flexibility index (Phi) is 2.61. The monoisotopic (exact) mass is 210 g/mol. The highest BCUT2D eigenvalue weighted by Crippen LogP contribution is 2.58. The van der Waals surface area contributed by atoms with Crippen molar-refractivity contribution in [2.45, 2.75) is 27.7 Å². The predicted molar refractivity (Wildman–Crippen MR) is 48.2 cm³/mol. The zero-order valence-corrected chi connectivity index (χ0v) is 9.36. The Bertz CT molecular complexity index is 234. The molecule has 0 radical (unpaired) electrons. The maximum atomic E-state index is 12.7. The summed E-state index contributed by atoms with van der Waals surface area (Å²) in [6, 6.07) is 0. The first-order valence-corrected chi connectivity index (χ1v) is 5.68. The second-order valence-electron chi connectivity index (χ2n) is 4.79. The Labute approximate surface area is 78.3 Å².